The molecule has 1 atom stereocenters. The lowest BCUT2D eigenvalue weighted by Gasteiger charge is -2.16. The van der Waals surface area contributed by atoms with Crippen LogP contribution in [0.25, 0.3) is 0 Å². The maximum absolute atomic E-state index is 12.6. The first-order chi connectivity index (χ1) is 12.7. The minimum atomic E-state index is -0.197. The van der Waals surface area contributed by atoms with E-state index in [4.69, 9.17) is 14.2 Å². The number of benzene rings is 2. The summed E-state index contributed by atoms with van der Waals surface area (Å²) in [5.41, 5.74) is 2.27. The Morgan fingerprint density at radius 2 is 2.12 bits per heavy atom. The Hall–Kier alpha value is -2.53. The second-order valence-corrected chi connectivity index (χ2v) is 6.36. The highest BCUT2D eigenvalue weighted by Gasteiger charge is 2.17. The van der Waals surface area contributed by atoms with Crippen LogP contribution in [0.4, 0.5) is 5.69 Å². The van der Waals surface area contributed by atoms with E-state index in [0.29, 0.717) is 36.0 Å². The molecule has 138 valence electrons. The van der Waals surface area contributed by atoms with Crippen LogP contribution in [0.5, 0.6) is 11.5 Å². The van der Waals surface area contributed by atoms with Gasteiger partial charge in [0.2, 0.25) is 0 Å². The van der Waals surface area contributed by atoms with Gasteiger partial charge in [0.1, 0.15) is 18.1 Å². The zero-order chi connectivity index (χ0) is 18.4. The largest absolute Gasteiger partial charge is 0.494 e. The highest BCUT2D eigenvalue weighted by molar-refractivity contribution is 6.05. The van der Waals surface area contributed by atoms with Crippen LogP contribution in [0, 0.1) is 6.92 Å². The number of rotatable bonds is 7. The van der Waals surface area contributed by atoms with E-state index in [2.05, 4.69) is 5.32 Å². The van der Waals surface area contributed by atoms with E-state index in [1.54, 1.807) is 12.1 Å². The normalized spacial score (nSPS) is 16.3. The summed E-state index contributed by atoms with van der Waals surface area (Å²) in [6.45, 7) is 5.75. The molecule has 5 heteroatoms. The summed E-state index contributed by atoms with van der Waals surface area (Å²) < 4.78 is 17.0. The molecule has 0 bridgehead atoms. The Kier molecular flexibility index (Phi) is 6.12. The standard InChI is InChI=1S/C21H25NO4/c1-3-24-17-7-4-6-16(13-17)21(23)22-19-10-9-15(2)12-20(19)26-14-18-8-5-11-25-18/h4,6-7,9-10,12-13,18H,3,5,8,11,14H2,1-2H3,(H,22,23). The number of hydrogen-bond acceptors (Lipinski definition) is 4. The first kappa shape index (κ1) is 18.3. The van der Waals surface area contributed by atoms with E-state index < -0.39 is 0 Å². The summed E-state index contributed by atoms with van der Waals surface area (Å²) in [5, 5.41) is 2.94. The van der Waals surface area contributed by atoms with Crippen molar-refractivity contribution in [3.8, 4) is 11.5 Å². The Morgan fingerprint density at radius 1 is 1.23 bits per heavy atom. The van der Waals surface area contributed by atoms with E-state index in [1.165, 1.54) is 0 Å². The van der Waals surface area contributed by atoms with Crippen LogP contribution in [-0.4, -0.2) is 31.8 Å². The number of hydrogen-bond donors (Lipinski definition) is 1. The molecule has 0 aromatic heterocycles. The number of carbonyl (C=O) groups excluding carboxylic acids is 1. The van der Waals surface area contributed by atoms with Gasteiger partial charge in [-0.15, -0.1) is 0 Å². The van der Waals surface area contributed by atoms with Gasteiger partial charge in [-0.2, -0.15) is 0 Å². The van der Waals surface area contributed by atoms with Crippen molar-refractivity contribution >= 4 is 11.6 Å². The molecule has 1 aliphatic rings. The Balaban J connectivity index is 1.71. The Morgan fingerprint density at radius 3 is 2.88 bits per heavy atom. The smallest absolute Gasteiger partial charge is 0.255 e. The number of aryl methyl sites for hydroxylation is 1. The fourth-order valence-corrected chi connectivity index (χ4v) is 2.90. The van der Waals surface area contributed by atoms with Crippen LogP contribution >= 0.6 is 0 Å². The second kappa shape index (κ2) is 8.72. The minimum absolute atomic E-state index is 0.127. The predicted octanol–water partition coefficient (Wildman–Crippen LogP) is 4.20. The van der Waals surface area contributed by atoms with Crippen molar-refractivity contribution in [2.75, 3.05) is 25.1 Å². The van der Waals surface area contributed by atoms with E-state index >= 15 is 0 Å². The molecule has 3 rings (SSSR count). The molecule has 1 heterocycles. The average Bonchev–Trinajstić information content (AvgIpc) is 3.16. The van der Waals surface area contributed by atoms with Crippen LogP contribution in [0.2, 0.25) is 0 Å². The first-order valence-corrected chi connectivity index (χ1v) is 9.05. The Bertz CT molecular complexity index is 753. The van der Waals surface area contributed by atoms with Crippen LogP contribution in [0.1, 0.15) is 35.7 Å². The van der Waals surface area contributed by atoms with E-state index in [1.807, 2.05) is 44.2 Å². The van der Waals surface area contributed by atoms with Gasteiger partial charge in [-0.1, -0.05) is 12.1 Å². The monoisotopic (exact) mass is 355 g/mol. The maximum Gasteiger partial charge on any atom is 0.255 e. The summed E-state index contributed by atoms with van der Waals surface area (Å²) >= 11 is 0. The number of anilines is 1. The summed E-state index contributed by atoms with van der Waals surface area (Å²) in [6.07, 6.45) is 2.21. The fourth-order valence-electron chi connectivity index (χ4n) is 2.90. The van der Waals surface area contributed by atoms with Gasteiger partial charge >= 0.3 is 0 Å². The van der Waals surface area contributed by atoms with Gasteiger partial charge in [-0.05, 0) is 62.6 Å². The molecule has 0 spiro atoms. The van der Waals surface area contributed by atoms with Crippen molar-refractivity contribution in [1.82, 2.24) is 0 Å². The molecule has 1 fully saturated rings. The van der Waals surface area contributed by atoms with Gasteiger partial charge in [0, 0.05) is 12.2 Å². The lowest BCUT2D eigenvalue weighted by atomic mass is 10.1. The molecule has 0 aliphatic carbocycles. The molecular weight excluding hydrogens is 330 g/mol. The molecule has 26 heavy (non-hydrogen) atoms. The van der Waals surface area contributed by atoms with Crippen LogP contribution in [-0.2, 0) is 4.74 Å². The Labute approximate surface area is 154 Å². The van der Waals surface area contributed by atoms with Crippen molar-refractivity contribution < 1.29 is 19.0 Å². The van der Waals surface area contributed by atoms with E-state index in [9.17, 15) is 4.79 Å². The summed E-state index contributed by atoms with van der Waals surface area (Å²) in [7, 11) is 0. The van der Waals surface area contributed by atoms with Gasteiger partial charge in [-0.3, -0.25) is 4.79 Å². The van der Waals surface area contributed by atoms with Crippen molar-refractivity contribution in [1.29, 1.82) is 0 Å². The zero-order valence-electron chi connectivity index (χ0n) is 15.3. The summed E-state index contributed by atoms with van der Waals surface area (Å²) in [4.78, 5) is 12.6. The lowest BCUT2D eigenvalue weighted by Crippen LogP contribution is -2.18. The van der Waals surface area contributed by atoms with Crippen LogP contribution in [0.3, 0.4) is 0 Å². The number of carbonyl (C=O) groups is 1. The molecule has 0 radical (unpaired) electrons. The molecule has 2 aromatic rings. The molecule has 1 saturated heterocycles. The highest BCUT2D eigenvalue weighted by atomic mass is 16.5. The number of nitrogens with one attached hydrogen (secondary N) is 1. The maximum atomic E-state index is 12.6. The number of ether oxygens (including phenoxy) is 3. The van der Waals surface area contributed by atoms with Gasteiger partial charge in [-0.25, -0.2) is 0 Å². The number of amides is 1. The topological polar surface area (TPSA) is 56.8 Å². The SMILES string of the molecule is CCOc1cccc(C(=O)Nc2ccc(C)cc2OCC2CCCO2)c1. The van der Waals surface area contributed by atoms with Gasteiger partial charge < -0.3 is 19.5 Å². The van der Waals surface area contributed by atoms with Crippen molar-refractivity contribution in [2.24, 2.45) is 0 Å². The van der Waals surface area contributed by atoms with Crippen molar-refractivity contribution in [3.63, 3.8) is 0 Å². The molecule has 2 aromatic carbocycles. The average molecular weight is 355 g/mol. The molecule has 0 saturated carbocycles. The fraction of sp³-hybridized carbons (Fsp3) is 0.381. The molecule has 1 unspecified atom stereocenters. The van der Waals surface area contributed by atoms with Gasteiger partial charge in [0.15, 0.2) is 0 Å². The first-order valence-electron chi connectivity index (χ1n) is 9.05. The molecule has 1 aliphatic heterocycles. The third-order valence-corrected chi connectivity index (χ3v) is 4.24. The van der Waals surface area contributed by atoms with E-state index in [0.717, 1.165) is 25.0 Å². The third kappa shape index (κ3) is 4.76. The zero-order valence-corrected chi connectivity index (χ0v) is 15.3. The third-order valence-electron chi connectivity index (χ3n) is 4.24. The molecular formula is C21H25NO4. The van der Waals surface area contributed by atoms with Crippen molar-refractivity contribution in [2.45, 2.75) is 32.8 Å². The second-order valence-electron chi connectivity index (χ2n) is 6.36. The quantitative estimate of drug-likeness (QED) is 0.808. The van der Waals surface area contributed by atoms with Gasteiger partial charge in [0.25, 0.3) is 5.91 Å². The highest BCUT2D eigenvalue weighted by Crippen LogP contribution is 2.27. The van der Waals surface area contributed by atoms with Crippen LogP contribution < -0.4 is 14.8 Å². The summed E-state index contributed by atoms with van der Waals surface area (Å²) in [6, 6.07) is 12.9. The van der Waals surface area contributed by atoms with Crippen LogP contribution in [0.15, 0.2) is 42.5 Å². The minimum Gasteiger partial charge on any atom is -0.494 e. The summed E-state index contributed by atoms with van der Waals surface area (Å²) in [5.74, 6) is 1.14. The molecule has 5 nitrogen and oxygen atoms in total. The van der Waals surface area contributed by atoms with E-state index in [-0.39, 0.29) is 12.0 Å². The predicted molar refractivity (Wildman–Crippen MR) is 101 cm³/mol. The van der Waals surface area contributed by atoms with Crippen molar-refractivity contribution in [3.05, 3.63) is 53.6 Å². The molecule has 1 amide bonds. The molecule has 1 N–H and O–H groups in total. The lowest BCUT2D eigenvalue weighted by molar-refractivity contribution is 0.0681. The van der Waals surface area contributed by atoms with Gasteiger partial charge in [0.05, 0.1) is 18.4 Å².